The predicted octanol–water partition coefficient (Wildman–Crippen LogP) is 0.709. The van der Waals surface area contributed by atoms with Gasteiger partial charge in [-0.3, -0.25) is 14.6 Å². The SMILES string of the molecule is Cc1cnccc1C(=O)N1CC[C@@H]2OCC(=O)N(C)C[C@H]2C1. The number of amides is 2. The van der Waals surface area contributed by atoms with Gasteiger partial charge in [-0.1, -0.05) is 0 Å². The first kappa shape index (κ1) is 15.0. The van der Waals surface area contributed by atoms with E-state index in [4.69, 9.17) is 4.74 Å². The number of aryl methyl sites for hydroxylation is 1. The summed E-state index contributed by atoms with van der Waals surface area (Å²) in [4.78, 5) is 32.1. The Morgan fingerprint density at radius 3 is 3.00 bits per heavy atom. The molecule has 0 radical (unpaired) electrons. The van der Waals surface area contributed by atoms with Gasteiger partial charge in [0.1, 0.15) is 6.61 Å². The number of hydrogen-bond acceptors (Lipinski definition) is 4. The second kappa shape index (κ2) is 6.04. The van der Waals surface area contributed by atoms with Crippen molar-refractivity contribution in [1.29, 1.82) is 0 Å². The number of carbonyl (C=O) groups excluding carboxylic acids is 2. The maximum absolute atomic E-state index is 12.7. The molecule has 3 heterocycles. The summed E-state index contributed by atoms with van der Waals surface area (Å²) in [7, 11) is 1.79. The average Bonchev–Trinajstić information content (AvgIpc) is 2.66. The largest absolute Gasteiger partial charge is 0.368 e. The number of nitrogens with zero attached hydrogens (tertiary/aromatic N) is 3. The van der Waals surface area contributed by atoms with Crippen LogP contribution in [0.15, 0.2) is 18.5 Å². The number of aromatic nitrogens is 1. The second-order valence-corrected chi connectivity index (χ2v) is 6.11. The normalized spacial score (nSPS) is 25.6. The van der Waals surface area contributed by atoms with Crippen molar-refractivity contribution in [2.75, 3.05) is 33.3 Å². The molecule has 2 fully saturated rings. The van der Waals surface area contributed by atoms with E-state index in [0.29, 0.717) is 25.2 Å². The van der Waals surface area contributed by atoms with E-state index in [-0.39, 0.29) is 30.4 Å². The fraction of sp³-hybridized carbons (Fsp3) is 0.562. The van der Waals surface area contributed by atoms with Crippen molar-refractivity contribution in [3.05, 3.63) is 29.6 Å². The molecule has 2 saturated heterocycles. The molecule has 0 saturated carbocycles. The molecular weight excluding hydrogens is 282 g/mol. The lowest BCUT2D eigenvalue weighted by Gasteiger charge is -2.37. The average molecular weight is 303 g/mol. The van der Waals surface area contributed by atoms with Crippen LogP contribution >= 0.6 is 0 Å². The monoisotopic (exact) mass is 303 g/mol. The molecule has 1 aromatic heterocycles. The van der Waals surface area contributed by atoms with Crippen LogP contribution in [-0.4, -0.2) is 66.0 Å². The summed E-state index contributed by atoms with van der Waals surface area (Å²) in [5.41, 5.74) is 1.59. The minimum atomic E-state index is 0.0113. The molecule has 0 aromatic carbocycles. The number of ether oxygens (including phenoxy) is 1. The topological polar surface area (TPSA) is 62.7 Å². The van der Waals surface area contributed by atoms with Crippen molar-refractivity contribution in [3.63, 3.8) is 0 Å². The molecule has 3 rings (SSSR count). The highest BCUT2D eigenvalue weighted by Gasteiger charge is 2.36. The predicted molar refractivity (Wildman–Crippen MR) is 80.4 cm³/mol. The van der Waals surface area contributed by atoms with E-state index in [1.165, 1.54) is 0 Å². The number of likely N-dealkylation sites (N-methyl/N-ethyl adjacent to an activating group) is 1. The molecule has 2 atom stereocenters. The third-order valence-electron chi connectivity index (χ3n) is 4.56. The fourth-order valence-corrected chi connectivity index (χ4v) is 3.22. The Morgan fingerprint density at radius 2 is 2.23 bits per heavy atom. The molecule has 0 unspecified atom stereocenters. The van der Waals surface area contributed by atoms with Crippen LogP contribution in [0.4, 0.5) is 0 Å². The van der Waals surface area contributed by atoms with Crippen LogP contribution in [-0.2, 0) is 9.53 Å². The number of fused-ring (bicyclic) bond motifs is 1. The zero-order valence-corrected chi connectivity index (χ0v) is 13.0. The molecule has 6 heteroatoms. The van der Waals surface area contributed by atoms with Gasteiger partial charge in [-0.2, -0.15) is 0 Å². The van der Waals surface area contributed by atoms with E-state index in [9.17, 15) is 9.59 Å². The van der Waals surface area contributed by atoms with Crippen LogP contribution in [0.2, 0.25) is 0 Å². The summed E-state index contributed by atoms with van der Waals surface area (Å²) in [5.74, 6) is 0.227. The maximum atomic E-state index is 12.7. The third-order valence-corrected chi connectivity index (χ3v) is 4.56. The number of likely N-dealkylation sites (tertiary alicyclic amines) is 1. The number of rotatable bonds is 1. The maximum Gasteiger partial charge on any atom is 0.254 e. The van der Waals surface area contributed by atoms with E-state index in [0.717, 1.165) is 12.0 Å². The number of carbonyl (C=O) groups is 2. The Hall–Kier alpha value is -1.95. The summed E-state index contributed by atoms with van der Waals surface area (Å²) >= 11 is 0. The minimum absolute atomic E-state index is 0.0113. The molecule has 6 nitrogen and oxygen atoms in total. The van der Waals surface area contributed by atoms with E-state index in [2.05, 4.69) is 4.98 Å². The van der Waals surface area contributed by atoms with Crippen LogP contribution in [0.25, 0.3) is 0 Å². The molecule has 0 bridgehead atoms. The van der Waals surface area contributed by atoms with Crippen LogP contribution in [0.5, 0.6) is 0 Å². The summed E-state index contributed by atoms with van der Waals surface area (Å²) in [6.45, 7) is 3.98. The minimum Gasteiger partial charge on any atom is -0.368 e. The van der Waals surface area contributed by atoms with Gasteiger partial charge in [-0.15, -0.1) is 0 Å². The Kier molecular flexibility index (Phi) is 4.11. The lowest BCUT2D eigenvalue weighted by atomic mass is 9.93. The van der Waals surface area contributed by atoms with Gasteiger partial charge in [0.2, 0.25) is 5.91 Å². The van der Waals surface area contributed by atoms with Gasteiger partial charge in [-0.25, -0.2) is 0 Å². The van der Waals surface area contributed by atoms with Crippen molar-refractivity contribution >= 4 is 11.8 Å². The van der Waals surface area contributed by atoms with Gasteiger partial charge in [0.05, 0.1) is 6.10 Å². The van der Waals surface area contributed by atoms with Crippen LogP contribution in [0.3, 0.4) is 0 Å². The van der Waals surface area contributed by atoms with Gasteiger partial charge < -0.3 is 14.5 Å². The molecule has 0 spiro atoms. The molecule has 2 aliphatic heterocycles. The molecular formula is C16H21N3O3. The first-order valence-corrected chi connectivity index (χ1v) is 7.61. The zero-order valence-electron chi connectivity index (χ0n) is 13.0. The fourth-order valence-electron chi connectivity index (χ4n) is 3.22. The summed E-state index contributed by atoms with van der Waals surface area (Å²) < 4.78 is 5.71. The quantitative estimate of drug-likeness (QED) is 0.766. The smallest absolute Gasteiger partial charge is 0.254 e. The summed E-state index contributed by atoms with van der Waals surface area (Å²) in [5, 5.41) is 0. The third kappa shape index (κ3) is 2.83. The molecule has 0 N–H and O–H groups in total. The Bertz CT molecular complexity index is 590. The molecule has 2 amide bonds. The Labute approximate surface area is 130 Å². The molecule has 22 heavy (non-hydrogen) atoms. The summed E-state index contributed by atoms with van der Waals surface area (Å²) in [6, 6.07) is 1.77. The zero-order chi connectivity index (χ0) is 15.7. The highest BCUT2D eigenvalue weighted by molar-refractivity contribution is 5.95. The summed E-state index contributed by atoms with van der Waals surface area (Å²) in [6.07, 6.45) is 4.20. The molecule has 0 aliphatic carbocycles. The first-order valence-electron chi connectivity index (χ1n) is 7.61. The van der Waals surface area contributed by atoms with Gasteiger partial charge in [0, 0.05) is 50.6 Å². The standard InChI is InChI=1S/C16H21N3O3/c1-11-7-17-5-3-13(11)16(21)19-6-4-14-12(9-19)8-18(2)15(20)10-22-14/h3,5,7,12,14H,4,6,8-10H2,1-2H3/t12-,14-/m0/s1. The van der Waals surface area contributed by atoms with Gasteiger partial charge in [0.25, 0.3) is 5.91 Å². The van der Waals surface area contributed by atoms with E-state index < -0.39 is 0 Å². The lowest BCUT2D eigenvalue weighted by molar-refractivity contribution is -0.133. The Balaban J connectivity index is 1.74. The highest BCUT2D eigenvalue weighted by Crippen LogP contribution is 2.25. The second-order valence-electron chi connectivity index (χ2n) is 6.11. The number of piperidine rings is 1. The van der Waals surface area contributed by atoms with Crippen molar-refractivity contribution < 1.29 is 14.3 Å². The van der Waals surface area contributed by atoms with Gasteiger partial charge >= 0.3 is 0 Å². The van der Waals surface area contributed by atoms with Crippen molar-refractivity contribution in [2.45, 2.75) is 19.4 Å². The highest BCUT2D eigenvalue weighted by atomic mass is 16.5. The van der Waals surface area contributed by atoms with E-state index in [1.54, 1.807) is 30.4 Å². The van der Waals surface area contributed by atoms with E-state index >= 15 is 0 Å². The number of hydrogen-bond donors (Lipinski definition) is 0. The van der Waals surface area contributed by atoms with Crippen LogP contribution in [0, 0.1) is 12.8 Å². The van der Waals surface area contributed by atoms with Crippen LogP contribution in [0.1, 0.15) is 22.3 Å². The van der Waals surface area contributed by atoms with Gasteiger partial charge in [-0.05, 0) is 25.0 Å². The molecule has 118 valence electrons. The first-order chi connectivity index (χ1) is 10.6. The van der Waals surface area contributed by atoms with Crippen molar-refractivity contribution in [2.24, 2.45) is 5.92 Å². The molecule has 1 aromatic rings. The van der Waals surface area contributed by atoms with Crippen molar-refractivity contribution in [1.82, 2.24) is 14.8 Å². The lowest BCUT2D eigenvalue weighted by Crippen LogP contribution is -2.49. The van der Waals surface area contributed by atoms with Crippen molar-refractivity contribution in [3.8, 4) is 0 Å². The molecule has 2 aliphatic rings. The van der Waals surface area contributed by atoms with Crippen LogP contribution < -0.4 is 0 Å². The number of pyridine rings is 1. The Morgan fingerprint density at radius 1 is 1.41 bits per heavy atom. The van der Waals surface area contributed by atoms with E-state index in [1.807, 2.05) is 11.8 Å². The van der Waals surface area contributed by atoms with Gasteiger partial charge in [0.15, 0.2) is 0 Å².